The fourth-order valence-corrected chi connectivity index (χ4v) is 3.65. The number of halogens is 3. The van der Waals surface area contributed by atoms with Gasteiger partial charge in [0.1, 0.15) is 5.75 Å². The second-order valence-electron chi connectivity index (χ2n) is 6.15. The van der Waals surface area contributed by atoms with Gasteiger partial charge in [-0.3, -0.25) is 4.57 Å². The number of nitrogens with zero attached hydrogens (tertiary/aromatic N) is 3. The fourth-order valence-electron chi connectivity index (χ4n) is 2.75. The molecule has 2 aromatic carbocycles. The maximum atomic E-state index is 12.9. The van der Waals surface area contributed by atoms with E-state index in [0.717, 1.165) is 23.4 Å². The van der Waals surface area contributed by atoms with Crippen molar-refractivity contribution in [2.75, 3.05) is 6.61 Å². The van der Waals surface area contributed by atoms with Gasteiger partial charge in [-0.1, -0.05) is 36.0 Å². The van der Waals surface area contributed by atoms with Gasteiger partial charge in [0.05, 0.1) is 12.2 Å². The predicted molar refractivity (Wildman–Crippen MR) is 108 cm³/mol. The van der Waals surface area contributed by atoms with Crippen LogP contribution in [-0.4, -0.2) is 21.4 Å². The maximum absolute atomic E-state index is 12.9. The zero-order valence-electron chi connectivity index (χ0n) is 15.8. The highest BCUT2D eigenvalue weighted by molar-refractivity contribution is 7.98. The van der Waals surface area contributed by atoms with E-state index in [4.69, 9.17) is 4.74 Å². The standard InChI is InChI=1S/C21H20F3N3OS/c1-3-12-27-19(16-8-10-18(11-9-16)28-4-2)25-26-20(27)29-14-15-6-5-7-17(13-15)21(22,23)24/h3,5-11,13H,1,4,12,14H2,2H3. The molecule has 8 heteroatoms. The molecule has 0 atom stereocenters. The number of hydrogen-bond donors (Lipinski definition) is 0. The summed E-state index contributed by atoms with van der Waals surface area (Å²) in [6.45, 7) is 6.77. The highest BCUT2D eigenvalue weighted by atomic mass is 32.2. The van der Waals surface area contributed by atoms with E-state index in [1.807, 2.05) is 35.8 Å². The van der Waals surface area contributed by atoms with E-state index < -0.39 is 11.7 Å². The summed E-state index contributed by atoms with van der Waals surface area (Å²) in [7, 11) is 0. The van der Waals surface area contributed by atoms with Crippen LogP contribution in [0.1, 0.15) is 18.1 Å². The Labute approximate surface area is 171 Å². The van der Waals surface area contributed by atoms with Crippen molar-refractivity contribution in [2.24, 2.45) is 0 Å². The highest BCUT2D eigenvalue weighted by Crippen LogP contribution is 2.32. The molecule has 0 fully saturated rings. The summed E-state index contributed by atoms with van der Waals surface area (Å²) in [5.74, 6) is 1.78. The van der Waals surface area contributed by atoms with Crippen molar-refractivity contribution >= 4 is 11.8 Å². The average molecular weight is 419 g/mol. The molecule has 3 rings (SSSR count). The normalized spacial score (nSPS) is 11.4. The smallest absolute Gasteiger partial charge is 0.416 e. The lowest BCUT2D eigenvalue weighted by Gasteiger charge is -2.10. The molecule has 0 aliphatic rings. The first-order chi connectivity index (χ1) is 13.9. The summed E-state index contributed by atoms with van der Waals surface area (Å²) < 4.78 is 46.1. The van der Waals surface area contributed by atoms with Crippen LogP contribution in [0.3, 0.4) is 0 Å². The molecule has 29 heavy (non-hydrogen) atoms. The van der Waals surface area contributed by atoms with E-state index in [-0.39, 0.29) is 0 Å². The van der Waals surface area contributed by atoms with Crippen molar-refractivity contribution in [3.05, 3.63) is 72.3 Å². The van der Waals surface area contributed by atoms with Gasteiger partial charge in [-0.2, -0.15) is 13.2 Å². The zero-order valence-corrected chi connectivity index (χ0v) is 16.6. The molecule has 1 aromatic heterocycles. The Balaban J connectivity index is 1.81. The first-order valence-corrected chi connectivity index (χ1v) is 9.97. The lowest BCUT2D eigenvalue weighted by molar-refractivity contribution is -0.137. The third kappa shape index (κ3) is 5.20. The van der Waals surface area contributed by atoms with Crippen molar-refractivity contribution in [1.82, 2.24) is 14.8 Å². The van der Waals surface area contributed by atoms with E-state index >= 15 is 0 Å². The molecule has 1 heterocycles. The van der Waals surface area contributed by atoms with Crippen LogP contribution in [0.25, 0.3) is 11.4 Å². The molecule has 152 valence electrons. The Bertz CT molecular complexity index is 968. The zero-order chi connectivity index (χ0) is 20.9. The van der Waals surface area contributed by atoms with Crippen LogP contribution in [0.15, 0.2) is 66.3 Å². The molecule has 0 saturated carbocycles. The van der Waals surface area contributed by atoms with Gasteiger partial charge in [-0.25, -0.2) is 0 Å². The van der Waals surface area contributed by atoms with Crippen LogP contribution in [0.2, 0.25) is 0 Å². The number of allylic oxidation sites excluding steroid dienone is 1. The Morgan fingerprint density at radius 2 is 1.90 bits per heavy atom. The Morgan fingerprint density at radius 1 is 1.14 bits per heavy atom. The summed E-state index contributed by atoms with van der Waals surface area (Å²) in [5, 5.41) is 9.12. The summed E-state index contributed by atoms with van der Waals surface area (Å²) in [6.07, 6.45) is -2.62. The summed E-state index contributed by atoms with van der Waals surface area (Å²) in [6, 6.07) is 12.8. The van der Waals surface area contributed by atoms with Crippen LogP contribution < -0.4 is 4.74 Å². The van der Waals surface area contributed by atoms with Gasteiger partial charge < -0.3 is 4.74 Å². The van der Waals surface area contributed by atoms with Gasteiger partial charge in [0.2, 0.25) is 0 Å². The first kappa shape index (κ1) is 21.0. The van der Waals surface area contributed by atoms with Gasteiger partial charge in [0.25, 0.3) is 0 Å². The summed E-state index contributed by atoms with van der Waals surface area (Å²) in [5.41, 5.74) is 0.785. The number of ether oxygens (including phenoxy) is 1. The van der Waals surface area contributed by atoms with Crippen LogP contribution in [0.4, 0.5) is 13.2 Å². The predicted octanol–water partition coefficient (Wildman–Crippen LogP) is 5.84. The minimum absolute atomic E-state index is 0.350. The molecule has 3 aromatic rings. The first-order valence-electron chi connectivity index (χ1n) is 8.98. The maximum Gasteiger partial charge on any atom is 0.416 e. The molecule has 0 aliphatic carbocycles. The summed E-state index contributed by atoms with van der Waals surface area (Å²) >= 11 is 1.34. The summed E-state index contributed by atoms with van der Waals surface area (Å²) in [4.78, 5) is 0. The third-order valence-electron chi connectivity index (χ3n) is 4.07. The molecule has 0 bridgehead atoms. The van der Waals surface area contributed by atoms with Crippen LogP contribution >= 0.6 is 11.8 Å². The van der Waals surface area contributed by atoms with Crippen molar-refractivity contribution in [3.8, 4) is 17.1 Å². The van der Waals surface area contributed by atoms with Crippen LogP contribution in [0.5, 0.6) is 5.75 Å². The van der Waals surface area contributed by atoms with Gasteiger partial charge in [-0.05, 0) is 42.8 Å². The third-order valence-corrected chi connectivity index (χ3v) is 5.11. The molecule has 4 nitrogen and oxygen atoms in total. The van der Waals surface area contributed by atoms with Gasteiger partial charge >= 0.3 is 6.18 Å². The molecule has 0 saturated heterocycles. The molecular weight excluding hydrogens is 399 g/mol. The molecule has 0 unspecified atom stereocenters. The van der Waals surface area contributed by atoms with Gasteiger partial charge in [0, 0.05) is 17.9 Å². The highest BCUT2D eigenvalue weighted by Gasteiger charge is 2.30. The average Bonchev–Trinajstić information content (AvgIpc) is 3.10. The molecule has 0 radical (unpaired) electrons. The number of hydrogen-bond acceptors (Lipinski definition) is 4. The van der Waals surface area contributed by atoms with Crippen LogP contribution in [-0.2, 0) is 18.5 Å². The van der Waals surface area contributed by atoms with E-state index in [9.17, 15) is 13.2 Å². The monoisotopic (exact) mass is 419 g/mol. The van der Waals surface area contributed by atoms with E-state index in [1.54, 1.807) is 12.1 Å². The van der Waals surface area contributed by atoms with E-state index in [2.05, 4.69) is 16.8 Å². The second-order valence-corrected chi connectivity index (χ2v) is 7.09. The Kier molecular flexibility index (Phi) is 6.64. The molecule has 0 spiro atoms. The fraction of sp³-hybridized carbons (Fsp3) is 0.238. The molecule has 0 amide bonds. The molecular formula is C21H20F3N3OS. The van der Waals surface area contributed by atoms with Crippen molar-refractivity contribution in [3.63, 3.8) is 0 Å². The van der Waals surface area contributed by atoms with Crippen molar-refractivity contribution in [1.29, 1.82) is 0 Å². The number of aromatic nitrogens is 3. The minimum atomic E-state index is -4.36. The minimum Gasteiger partial charge on any atom is -0.494 e. The Morgan fingerprint density at radius 3 is 2.55 bits per heavy atom. The molecule has 0 aliphatic heterocycles. The lowest BCUT2D eigenvalue weighted by Crippen LogP contribution is -2.05. The lowest BCUT2D eigenvalue weighted by atomic mass is 10.1. The van der Waals surface area contributed by atoms with Crippen molar-refractivity contribution in [2.45, 2.75) is 30.6 Å². The second kappa shape index (κ2) is 9.17. The number of benzene rings is 2. The topological polar surface area (TPSA) is 39.9 Å². The van der Waals surface area contributed by atoms with Crippen molar-refractivity contribution < 1.29 is 17.9 Å². The number of alkyl halides is 3. The quantitative estimate of drug-likeness (QED) is 0.340. The molecule has 0 N–H and O–H groups in total. The largest absolute Gasteiger partial charge is 0.494 e. The Hall–Kier alpha value is -2.74. The van der Waals surface area contributed by atoms with Gasteiger partial charge in [-0.15, -0.1) is 16.8 Å². The van der Waals surface area contributed by atoms with Crippen LogP contribution in [0, 0.1) is 0 Å². The number of rotatable bonds is 8. The van der Waals surface area contributed by atoms with E-state index in [1.165, 1.54) is 17.8 Å². The number of thioether (sulfide) groups is 1. The van der Waals surface area contributed by atoms with E-state index in [0.29, 0.717) is 35.4 Å². The SMILES string of the molecule is C=CCn1c(SCc2cccc(C(F)(F)F)c2)nnc1-c1ccc(OCC)cc1. The van der Waals surface area contributed by atoms with Gasteiger partial charge in [0.15, 0.2) is 11.0 Å².